The molecule has 3 aromatic rings. The van der Waals surface area contributed by atoms with Crippen molar-refractivity contribution >= 4 is 29.1 Å². The summed E-state index contributed by atoms with van der Waals surface area (Å²) in [6.07, 6.45) is 2.79. The van der Waals surface area contributed by atoms with Gasteiger partial charge in [0.25, 0.3) is 5.91 Å². The molecule has 0 aliphatic carbocycles. The van der Waals surface area contributed by atoms with Crippen molar-refractivity contribution in [2.45, 2.75) is 0 Å². The molecule has 28 heavy (non-hydrogen) atoms. The number of anilines is 3. The Bertz CT molecular complexity index is 990. The van der Waals surface area contributed by atoms with Crippen molar-refractivity contribution in [2.24, 2.45) is 0 Å². The number of benzene rings is 2. The zero-order valence-electron chi connectivity index (χ0n) is 15.3. The van der Waals surface area contributed by atoms with Crippen molar-refractivity contribution in [3.8, 4) is 5.75 Å². The largest absolute Gasteiger partial charge is 0.495 e. The van der Waals surface area contributed by atoms with Gasteiger partial charge in [0.2, 0.25) is 0 Å². The molecule has 142 valence electrons. The van der Waals surface area contributed by atoms with Crippen molar-refractivity contribution in [1.29, 1.82) is 0 Å². The van der Waals surface area contributed by atoms with Gasteiger partial charge in [-0.05, 0) is 30.3 Å². The first kappa shape index (κ1) is 18.8. The predicted octanol–water partition coefficient (Wildman–Crippen LogP) is 3.27. The molecule has 0 bridgehead atoms. The monoisotopic (exact) mass is 378 g/mol. The maximum absolute atomic E-state index is 12.4. The van der Waals surface area contributed by atoms with Gasteiger partial charge in [-0.2, -0.15) is 0 Å². The predicted molar refractivity (Wildman–Crippen MR) is 104 cm³/mol. The number of nitrogens with one attached hydrogen (secondary N) is 2. The van der Waals surface area contributed by atoms with Crippen LogP contribution in [0.25, 0.3) is 0 Å². The minimum absolute atomic E-state index is 0.153. The number of ether oxygens (including phenoxy) is 2. The summed E-state index contributed by atoms with van der Waals surface area (Å²) in [5, 5.41) is 5.76. The number of rotatable bonds is 6. The molecule has 0 atom stereocenters. The van der Waals surface area contributed by atoms with Crippen LogP contribution in [0.2, 0.25) is 0 Å². The van der Waals surface area contributed by atoms with Crippen LogP contribution < -0.4 is 15.4 Å². The Kier molecular flexibility index (Phi) is 5.81. The molecular formula is C20H18N4O4. The molecule has 2 aromatic carbocycles. The molecule has 0 saturated carbocycles. The van der Waals surface area contributed by atoms with E-state index in [2.05, 4.69) is 20.6 Å². The van der Waals surface area contributed by atoms with Gasteiger partial charge < -0.3 is 20.1 Å². The number of methoxy groups -OCH3 is 2. The fourth-order valence-electron chi connectivity index (χ4n) is 2.43. The van der Waals surface area contributed by atoms with E-state index in [4.69, 9.17) is 9.47 Å². The highest BCUT2D eigenvalue weighted by Crippen LogP contribution is 2.23. The van der Waals surface area contributed by atoms with Crippen LogP contribution in [0.5, 0.6) is 5.75 Å². The smallest absolute Gasteiger partial charge is 0.337 e. The van der Waals surface area contributed by atoms with Crippen LogP contribution in [0.1, 0.15) is 20.8 Å². The summed E-state index contributed by atoms with van der Waals surface area (Å²) in [4.78, 5) is 32.3. The van der Waals surface area contributed by atoms with E-state index in [9.17, 15) is 9.59 Å². The van der Waals surface area contributed by atoms with Crippen LogP contribution in [0, 0.1) is 0 Å². The first-order valence-corrected chi connectivity index (χ1v) is 8.32. The van der Waals surface area contributed by atoms with E-state index in [0.717, 1.165) is 0 Å². The van der Waals surface area contributed by atoms with E-state index in [-0.39, 0.29) is 5.69 Å². The number of aromatic nitrogens is 2. The number of esters is 1. The molecule has 3 rings (SSSR count). The van der Waals surface area contributed by atoms with Crippen LogP contribution in [0.15, 0.2) is 60.9 Å². The average molecular weight is 378 g/mol. The Balaban J connectivity index is 1.70. The Morgan fingerprint density at radius 3 is 2.50 bits per heavy atom. The van der Waals surface area contributed by atoms with E-state index >= 15 is 0 Å². The van der Waals surface area contributed by atoms with Gasteiger partial charge in [0.05, 0.1) is 37.9 Å². The van der Waals surface area contributed by atoms with Crippen LogP contribution in [-0.2, 0) is 4.74 Å². The third-order valence-electron chi connectivity index (χ3n) is 3.80. The van der Waals surface area contributed by atoms with Gasteiger partial charge in [-0.15, -0.1) is 0 Å². The van der Waals surface area contributed by atoms with Crippen LogP contribution in [0.4, 0.5) is 17.2 Å². The fraction of sp³-hybridized carbons (Fsp3) is 0.100. The van der Waals surface area contributed by atoms with Gasteiger partial charge >= 0.3 is 5.97 Å². The maximum Gasteiger partial charge on any atom is 0.337 e. The number of para-hydroxylation sites is 2. The summed E-state index contributed by atoms with van der Waals surface area (Å²) in [6, 6.07) is 13.9. The van der Waals surface area contributed by atoms with Gasteiger partial charge in [0.15, 0.2) is 0 Å². The zero-order valence-corrected chi connectivity index (χ0v) is 15.3. The van der Waals surface area contributed by atoms with E-state index in [1.54, 1.807) is 42.5 Å². The molecule has 0 unspecified atom stereocenters. The summed E-state index contributed by atoms with van der Waals surface area (Å²) in [5.41, 5.74) is 1.75. The van der Waals surface area contributed by atoms with Crippen molar-refractivity contribution in [3.05, 3.63) is 72.2 Å². The third-order valence-corrected chi connectivity index (χ3v) is 3.80. The normalized spacial score (nSPS) is 10.1. The average Bonchev–Trinajstić information content (AvgIpc) is 2.74. The van der Waals surface area contributed by atoms with Gasteiger partial charge in [0, 0.05) is 5.69 Å². The van der Waals surface area contributed by atoms with Crippen LogP contribution >= 0.6 is 0 Å². The summed E-state index contributed by atoms with van der Waals surface area (Å²) in [5.74, 6) is 0.137. The first-order valence-electron chi connectivity index (χ1n) is 8.32. The molecule has 1 amide bonds. The number of carbonyl (C=O) groups excluding carboxylic acids is 2. The summed E-state index contributed by atoms with van der Waals surface area (Å²) < 4.78 is 9.91. The number of nitrogens with zero attached hydrogens (tertiary/aromatic N) is 2. The van der Waals surface area contributed by atoms with Crippen molar-refractivity contribution in [1.82, 2.24) is 9.97 Å². The molecule has 1 aromatic heterocycles. The fourth-order valence-corrected chi connectivity index (χ4v) is 2.43. The molecule has 0 radical (unpaired) electrons. The Labute approximate surface area is 161 Å². The highest BCUT2D eigenvalue weighted by atomic mass is 16.5. The van der Waals surface area contributed by atoms with Gasteiger partial charge in [-0.25, -0.2) is 14.8 Å². The molecule has 0 aliphatic heterocycles. The van der Waals surface area contributed by atoms with Crippen molar-refractivity contribution in [3.63, 3.8) is 0 Å². The minimum Gasteiger partial charge on any atom is -0.495 e. The summed E-state index contributed by atoms with van der Waals surface area (Å²) in [7, 11) is 2.85. The molecule has 0 saturated heterocycles. The number of amides is 1. The van der Waals surface area contributed by atoms with E-state index in [1.807, 2.05) is 6.07 Å². The van der Waals surface area contributed by atoms with Crippen molar-refractivity contribution in [2.75, 3.05) is 24.9 Å². The van der Waals surface area contributed by atoms with Gasteiger partial charge in [-0.1, -0.05) is 18.2 Å². The minimum atomic E-state index is -0.432. The molecule has 0 aliphatic rings. The standard InChI is InChI=1S/C20H18N4O4/c1-27-17-9-4-3-8-15(17)24-19(25)16-11-22-18(12-21-16)23-14-7-5-6-13(10-14)20(26)28-2/h3-12H,1-2H3,(H,22,23)(H,24,25). The van der Waals surface area contributed by atoms with E-state index < -0.39 is 11.9 Å². The lowest BCUT2D eigenvalue weighted by Crippen LogP contribution is -2.14. The maximum atomic E-state index is 12.4. The molecule has 0 spiro atoms. The topological polar surface area (TPSA) is 102 Å². The number of carbonyl (C=O) groups is 2. The van der Waals surface area contributed by atoms with E-state index in [0.29, 0.717) is 28.5 Å². The lowest BCUT2D eigenvalue weighted by Gasteiger charge is -2.10. The second-order valence-corrected chi connectivity index (χ2v) is 5.64. The molecule has 8 nitrogen and oxygen atoms in total. The Morgan fingerprint density at radius 1 is 0.964 bits per heavy atom. The van der Waals surface area contributed by atoms with Gasteiger partial charge in [-0.3, -0.25) is 4.79 Å². The second-order valence-electron chi connectivity index (χ2n) is 5.64. The SMILES string of the molecule is COC(=O)c1cccc(Nc2cnc(C(=O)Nc3ccccc3OC)cn2)c1. The molecule has 8 heteroatoms. The Morgan fingerprint density at radius 2 is 1.79 bits per heavy atom. The number of hydrogen-bond donors (Lipinski definition) is 2. The van der Waals surface area contributed by atoms with Gasteiger partial charge in [0.1, 0.15) is 17.3 Å². The molecule has 0 fully saturated rings. The first-order chi connectivity index (χ1) is 13.6. The summed E-state index contributed by atoms with van der Waals surface area (Å²) >= 11 is 0. The Hall–Kier alpha value is -3.94. The number of hydrogen-bond acceptors (Lipinski definition) is 7. The molecule has 1 heterocycles. The molecule has 2 N–H and O–H groups in total. The highest BCUT2D eigenvalue weighted by Gasteiger charge is 2.12. The third kappa shape index (κ3) is 4.42. The summed E-state index contributed by atoms with van der Waals surface area (Å²) in [6.45, 7) is 0. The second kappa shape index (κ2) is 8.63. The van der Waals surface area contributed by atoms with Crippen molar-refractivity contribution < 1.29 is 19.1 Å². The van der Waals surface area contributed by atoms with E-state index in [1.165, 1.54) is 26.6 Å². The highest BCUT2D eigenvalue weighted by molar-refractivity contribution is 6.03. The van der Waals surface area contributed by atoms with Crippen LogP contribution in [0.3, 0.4) is 0 Å². The quantitative estimate of drug-likeness (QED) is 0.635. The lowest BCUT2D eigenvalue weighted by molar-refractivity contribution is 0.0600. The molecular weight excluding hydrogens is 360 g/mol. The zero-order chi connectivity index (χ0) is 19.9. The van der Waals surface area contributed by atoms with Crippen LogP contribution in [-0.4, -0.2) is 36.1 Å². The lowest BCUT2D eigenvalue weighted by atomic mass is 10.2.